The Hall–Kier alpha value is -1.95. The van der Waals surface area contributed by atoms with Gasteiger partial charge in [-0.1, -0.05) is 13.0 Å². The van der Waals surface area contributed by atoms with Crippen molar-refractivity contribution >= 4 is 22.3 Å². The van der Waals surface area contributed by atoms with E-state index in [1.165, 1.54) is 16.9 Å². The minimum Gasteiger partial charge on any atom is -0.461 e. The molecule has 0 aliphatic rings. The van der Waals surface area contributed by atoms with Gasteiger partial charge in [0.05, 0.1) is 24.4 Å². The quantitative estimate of drug-likeness (QED) is 0.829. The Balaban J connectivity index is 2.08. The van der Waals surface area contributed by atoms with Gasteiger partial charge in [0.2, 0.25) is 0 Å². The zero-order valence-electron chi connectivity index (χ0n) is 11.5. The van der Waals surface area contributed by atoms with E-state index in [1.54, 1.807) is 18.6 Å². The van der Waals surface area contributed by atoms with Crippen LogP contribution in [0.25, 0.3) is 0 Å². The molecule has 20 heavy (non-hydrogen) atoms. The van der Waals surface area contributed by atoms with Crippen LogP contribution in [0.15, 0.2) is 23.8 Å². The molecule has 2 aromatic rings. The lowest BCUT2D eigenvalue weighted by Crippen LogP contribution is -2.10. The summed E-state index contributed by atoms with van der Waals surface area (Å²) >= 11 is 1.39. The summed E-state index contributed by atoms with van der Waals surface area (Å²) in [5, 5.41) is 3.93. The van der Waals surface area contributed by atoms with E-state index >= 15 is 0 Å². The minimum absolute atomic E-state index is 0.339. The molecule has 0 aliphatic carbocycles. The maximum atomic E-state index is 11.7. The molecule has 106 valence electrons. The number of hydrogen-bond donors (Lipinski definition) is 1. The Kier molecular flexibility index (Phi) is 5.06. The maximum Gasteiger partial charge on any atom is 0.360 e. The summed E-state index contributed by atoms with van der Waals surface area (Å²) in [6.45, 7) is 4.78. The average Bonchev–Trinajstić information content (AvgIpc) is 2.94. The molecular formula is C14H17N3O2S. The Morgan fingerprint density at radius 1 is 1.40 bits per heavy atom. The second kappa shape index (κ2) is 7.00. The number of thiazole rings is 1. The zero-order chi connectivity index (χ0) is 14.4. The van der Waals surface area contributed by atoms with Crippen LogP contribution < -0.4 is 5.32 Å². The van der Waals surface area contributed by atoms with Crippen LogP contribution >= 0.6 is 11.3 Å². The van der Waals surface area contributed by atoms with Crippen molar-refractivity contribution in [2.45, 2.75) is 26.8 Å². The first-order chi connectivity index (χ1) is 9.76. The molecule has 0 spiro atoms. The second-order valence-electron chi connectivity index (χ2n) is 4.07. The van der Waals surface area contributed by atoms with Crippen LogP contribution in [0, 0.1) is 0 Å². The third-order valence-electron chi connectivity index (χ3n) is 2.82. The fourth-order valence-electron chi connectivity index (χ4n) is 1.83. The van der Waals surface area contributed by atoms with Crippen LogP contribution in [-0.4, -0.2) is 22.5 Å². The van der Waals surface area contributed by atoms with Crippen LogP contribution in [0.4, 0.5) is 5.00 Å². The molecule has 0 radical (unpaired) electrons. The summed E-state index contributed by atoms with van der Waals surface area (Å²) in [5.41, 5.74) is 4.15. The summed E-state index contributed by atoms with van der Waals surface area (Å²) in [4.78, 5) is 20.1. The number of nitrogens with zero attached hydrogens (tertiary/aromatic N) is 2. The van der Waals surface area contributed by atoms with Crippen molar-refractivity contribution in [2.24, 2.45) is 0 Å². The molecule has 6 heteroatoms. The summed E-state index contributed by atoms with van der Waals surface area (Å²) in [6, 6.07) is 3.99. The van der Waals surface area contributed by atoms with Gasteiger partial charge in [-0.25, -0.2) is 9.78 Å². The normalized spacial score (nSPS) is 10.3. The molecular weight excluding hydrogens is 274 g/mol. The predicted molar refractivity (Wildman–Crippen MR) is 79.0 cm³/mol. The Morgan fingerprint density at radius 2 is 2.25 bits per heavy atom. The number of aryl methyl sites for hydroxylation is 1. The molecule has 1 N–H and O–H groups in total. The number of pyridine rings is 1. The second-order valence-corrected chi connectivity index (χ2v) is 4.92. The lowest BCUT2D eigenvalue weighted by atomic mass is 10.1. The molecule has 0 fully saturated rings. The number of nitrogens with one attached hydrogen (secondary N) is 1. The molecule has 2 rings (SSSR count). The van der Waals surface area contributed by atoms with E-state index in [0.717, 1.165) is 17.1 Å². The number of rotatable bonds is 6. The van der Waals surface area contributed by atoms with Crippen LogP contribution in [-0.2, 0) is 17.7 Å². The van der Waals surface area contributed by atoms with E-state index in [2.05, 4.69) is 28.3 Å². The van der Waals surface area contributed by atoms with Gasteiger partial charge in [0.1, 0.15) is 5.00 Å². The number of ether oxygens (including phenoxy) is 1. The van der Waals surface area contributed by atoms with E-state index in [0.29, 0.717) is 18.8 Å². The van der Waals surface area contributed by atoms with Crippen LogP contribution in [0.1, 0.15) is 35.6 Å². The number of carbonyl (C=O) groups is 1. The molecule has 0 atom stereocenters. The first-order valence-electron chi connectivity index (χ1n) is 6.53. The predicted octanol–water partition coefficient (Wildman–Crippen LogP) is 2.89. The molecule has 2 aromatic heterocycles. The van der Waals surface area contributed by atoms with Crippen molar-refractivity contribution in [3.8, 4) is 0 Å². The van der Waals surface area contributed by atoms with Crippen molar-refractivity contribution in [1.29, 1.82) is 0 Å². The number of hydrogen-bond acceptors (Lipinski definition) is 6. The standard InChI is InChI=1S/C14H17N3O2S/c1-3-10-6-5-7-15-11(10)8-16-13-12(17-9-20-13)14(18)19-4-2/h5-7,9,16H,3-4,8H2,1-2H3. The number of carbonyl (C=O) groups excluding carboxylic acids is 1. The van der Waals surface area contributed by atoms with Crippen molar-refractivity contribution in [3.63, 3.8) is 0 Å². The van der Waals surface area contributed by atoms with E-state index in [-0.39, 0.29) is 0 Å². The van der Waals surface area contributed by atoms with Crippen molar-refractivity contribution in [1.82, 2.24) is 9.97 Å². The summed E-state index contributed by atoms with van der Waals surface area (Å²) in [6.07, 6.45) is 2.70. The van der Waals surface area contributed by atoms with E-state index in [9.17, 15) is 4.79 Å². The fraction of sp³-hybridized carbons (Fsp3) is 0.357. The van der Waals surface area contributed by atoms with Gasteiger partial charge in [-0.15, -0.1) is 11.3 Å². The Labute approximate surface area is 122 Å². The van der Waals surface area contributed by atoms with Crippen LogP contribution in [0.3, 0.4) is 0 Å². The first kappa shape index (κ1) is 14.5. The lowest BCUT2D eigenvalue weighted by molar-refractivity contribution is 0.0521. The highest BCUT2D eigenvalue weighted by molar-refractivity contribution is 7.14. The van der Waals surface area contributed by atoms with Gasteiger partial charge < -0.3 is 10.1 Å². The SMILES string of the molecule is CCOC(=O)c1ncsc1NCc1ncccc1CC. The molecule has 0 amide bonds. The highest BCUT2D eigenvalue weighted by atomic mass is 32.1. The van der Waals surface area contributed by atoms with Gasteiger partial charge in [-0.3, -0.25) is 4.98 Å². The number of esters is 1. The molecule has 5 nitrogen and oxygen atoms in total. The van der Waals surface area contributed by atoms with Gasteiger partial charge in [-0.2, -0.15) is 0 Å². The monoisotopic (exact) mass is 291 g/mol. The third-order valence-corrected chi connectivity index (χ3v) is 3.60. The molecule has 0 bridgehead atoms. The molecule has 0 saturated carbocycles. The van der Waals surface area contributed by atoms with Gasteiger partial charge in [0.25, 0.3) is 0 Å². The summed E-state index contributed by atoms with van der Waals surface area (Å²) in [7, 11) is 0. The highest BCUT2D eigenvalue weighted by Crippen LogP contribution is 2.22. The van der Waals surface area contributed by atoms with Gasteiger partial charge in [0, 0.05) is 6.20 Å². The molecule has 0 aromatic carbocycles. The summed E-state index contributed by atoms with van der Waals surface area (Å²) in [5.74, 6) is -0.395. The van der Waals surface area contributed by atoms with Crippen molar-refractivity contribution in [3.05, 3.63) is 40.8 Å². The molecule has 2 heterocycles. The van der Waals surface area contributed by atoms with Crippen molar-refractivity contribution < 1.29 is 9.53 Å². The molecule has 0 saturated heterocycles. The number of anilines is 1. The topological polar surface area (TPSA) is 64.1 Å². The fourth-order valence-corrected chi connectivity index (χ4v) is 2.50. The lowest BCUT2D eigenvalue weighted by Gasteiger charge is -2.08. The summed E-state index contributed by atoms with van der Waals surface area (Å²) < 4.78 is 4.97. The van der Waals surface area contributed by atoms with Crippen LogP contribution in [0.5, 0.6) is 0 Å². The highest BCUT2D eigenvalue weighted by Gasteiger charge is 2.16. The van der Waals surface area contributed by atoms with Crippen molar-refractivity contribution in [2.75, 3.05) is 11.9 Å². The van der Waals surface area contributed by atoms with E-state index < -0.39 is 5.97 Å². The zero-order valence-corrected chi connectivity index (χ0v) is 12.4. The number of aromatic nitrogens is 2. The van der Waals surface area contributed by atoms with Crippen LogP contribution in [0.2, 0.25) is 0 Å². The van der Waals surface area contributed by atoms with E-state index in [1.807, 2.05) is 6.07 Å². The first-order valence-corrected chi connectivity index (χ1v) is 7.41. The third kappa shape index (κ3) is 3.33. The van der Waals surface area contributed by atoms with Gasteiger partial charge >= 0.3 is 5.97 Å². The van der Waals surface area contributed by atoms with Gasteiger partial charge in [-0.05, 0) is 25.0 Å². The average molecular weight is 291 g/mol. The smallest absolute Gasteiger partial charge is 0.360 e. The molecule has 0 aliphatic heterocycles. The van der Waals surface area contributed by atoms with E-state index in [4.69, 9.17) is 4.74 Å². The Morgan fingerprint density at radius 3 is 3.00 bits per heavy atom. The Bertz CT molecular complexity index is 583. The maximum absolute atomic E-state index is 11.7. The minimum atomic E-state index is -0.395. The molecule has 0 unspecified atom stereocenters. The van der Waals surface area contributed by atoms with Gasteiger partial charge in [0.15, 0.2) is 5.69 Å². The largest absolute Gasteiger partial charge is 0.461 e.